The summed E-state index contributed by atoms with van der Waals surface area (Å²) in [5, 5.41) is 0. The predicted octanol–water partition coefficient (Wildman–Crippen LogP) is 3.30. The Kier molecular flexibility index (Phi) is 5.38. The van der Waals surface area contributed by atoms with Gasteiger partial charge in [0.15, 0.2) is 0 Å². The second-order valence-corrected chi connectivity index (χ2v) is 7.07. The van der Waals surface area contributed by atoms with Gasteiger partial charge in [0.1, 0.15) is 17.0 Å². The molecule has 100 valence electrons. The van der Waals surface area contributed by atoms with E-state index in [4.69, 9.17) is 0 Å². The fourth-order valence-corrected chi connectivity index (χ4v) is 2.19. The first-order valence-electron chi connectivity index (χ1n) is 5.86. The molecule has 0 aliphatic carbocycles. The molecule has 2 nitrogen and oxygen atoms in total. The summed E-state index contributed by atoms with van der Waals surface area (Å²) in [5.41, 5.74) is 0.556. The highest BCUT2D eigenvalue weighted by atomic mass is 32.2. The Morgan fingerprint density at radius 1 is 1.33 bits per heavy atom. The van der Waals surface area contributed by atoms with Crippen LogP contribution in [-0.4, -0.2) is 15.3 Å². The first-order chi connectivity index (χ1) is 8.36. The molecule has 1 aromatic carbocycles. The Morgan fingerprint density at radius 3 is 2.33 bits per heavy atom. The van der Waals surface area contributed by atoms with E-state index < -0.39 is 28.3 Å². The van der Waals surface area contributed by atoms with Crippen LogP contribution in [-0.2, 0) is 11.4 Å². The van der Waals surface area contributed by atoms with Gasteiger partial charge in [0, 0.05) is 11.4 Å². The molecule has 1 aromatic rings. The van der Waals surface area contributed by atoms with Gasteiger partial charge < -0.3 is 4.55 Å². The van der Waals surface area contributed by atoms with Crippen molar-refractivity contribution in [1.82, 2.24) is 4.72 Å². The molecule has 18 heavy (non-hydrogen) atoms. The van der Waals surface area contributed by atoms with Gasteiger partial charge in [0.2, 0.25) is 0 Å². The molecule has 1 rings (SSSR count). The summed E-state index contributed by atoms with van der Waals surface area (Å²) in [5.74, 6) is 0. The van der Waals surface area contributed by atoms with Crippen molar-refractivity contribution in [1.29, 1.82) is 0 Å². The second kappa shape index (κ2) is 6.36. The molecule has 0 aliphatic rings. The fraction of sp³-hybridized carbons (Fsp3) is 0.429. The van der Waals surface area contributed by atoms with E-state index in [0.717, 1.165) is 0 Å². The van der Waals surface area contributed by atoms with Crippen LogP contribution in [0.5, 0.6) is 0 Å². The van der Waals surface area contributed by atoms with E-state index in [0.29, 0.717) is 5.56 Å². The number of benzene rings is 1. The third kappa shape index (κ3) is 4.12. The summed E-state index contributed by atoms with van der Waals surface area (Å²) < 4.78 is 28.6. The van der Waals surface area contributed by atoms with E-state index in [9.17, 15) is 8.94 Å². The average Bonchev–Trinajstić information content (AvgIpc) is 2.34. The molecule has 1 N–H and O–H groups in total. The van der Waals surface area contributed by atoms with E-state index in [1.807, 2.05) is 26.8 Å². The Hall–Kier alpha value is -0.840. The zero-order valence-electron chi connectivity index (χ0n) is 11.0. The Balaban J connectivity index is 2.76. The average molecular weight is 269 g/mol. The maximum absolute atomic E-state index is 14.3. The topological polar surface area (TPSA) is 35.1 Å². The van der Waals surface area contributed by atoms with Crippen molar-refractivity contribution < 1.29 is 8.94 Å². The Labute approximate surface area is 112 Å². The van der Waals surface area contributed by atoms with Crippen LogP contribution in [0.1, 0.15) is 32.5 Å². The van der Waals surface area contributed by atoms with Crippen LogP contribution in [0.2, 0.25) is 0 Å². The third-order valence-electron chi connectivity index (χ3n) is 2.49. The molecule has 0 spiro atoms. The summed E-state index contributed by atoms with van der Waals surface area (Å²) in [6.45, 7) is 9.12. The van der Waals surface area contributed by atoms with Gasteiger partial charge in [-0.3, -0.25) is 0 Å². The van der Waals surface area contributed by atoms with Crippen LogP contribution in [0.25, 0.3) is 0 Å². The Bertz CT molecular complexity index is 377. The number of nitrogens with one attached hydrogen (secondary N) is 1. The molecule has 0 bridgehead atoms. The molecule has 0 aromatic heterocycles. The van der Waals surface area contributed by atoms with E-state index in [-0.39, 0.29) is 0 Å². The van der Waals surface area contributed by atoms with E-state index in [2.05, 4.69) is 11.3 Å². The second-order valence-electron chi connectivity index (χ2n) is 5.07. The third-order valence-corrected chi connectivity index (χ3v) is 4.09. The Morgan fingerprint density at radius 2 is 1.89 bits per heavy atom. The molecule has 0 saturated heterocycles. The normalized spacial score (nSPS) is 16.9. The maximum Gasteiger partial charge on any atom is 0.148 e. The van der Waals surface area contributed by atoms with Gasteiger partial charge in [-0.15, -0.1) is 11.3 Å². The van der Waals surface area contributed by atoms with Crippen molar-refractivity contribution in [3.05, 3.63) is 48.6 Å². The van der Waals surface area contributed by atoms with Crippen molar-refractivity contribution >= 4 is 11.4 Å². The van der Waals surface area contributed by atoms with Gasteiger partial charge in [0.05, 0.1) is 0 Å². The van der Waals surface area contributed by atoms with E-state index >= 15 is 0 Å². The summed E-state index contributed by atoms with van der Waals surface area (Å²) in [4.78, 5) is 0. The fourth-order valence-electron chi connectivity index (χ4n) is 1.37. The molecule has 0 heterocycles. The van der Waals surface area contributed by atoms with Crippen molar-refractivity contribution in [3.8, 4) is 0 Å². The van der Waals surface area contributed by atoms with Crippen molar-refractivity contribution in [2.45, 2.75) is 37.7 Å². The van der Waals surface area contributed by atoms with E-state index in [1.54, 1.807) is 24.3 Å². The smallest absolute Gasteiger partial charge is 0.148 e. The lowest BCUT2D eigenvalue weighted by Gasteiger charge is -2.28. The lowest BCUT2D eigenvalue weighted by atomic mass is 10.0. The van der Waals surface area contributed by atoms with Crippen molar-refractivity contribution in [2.75, 3.05) is 0 Å². The number of alkyl halides is 1. The largest absolute Gasteiger partial charge is 0.598 e. The zero-order chi connectivity index (χ0) is 13.8. The van der Waals surface area contributed by atoms with Gasteiger partial charge in [-0.25, -0.2) is 4.39 Å². The van der Waals surface area contributed by atoms with Gasteiger partial charge in [-0.1, -0.05) is 36.4 Å². The highest BCUT2D eigenvalue weighted by Crippen LogP contribution is 2.24. The van der Waals surface area contributed by atoms with Crippen LogP contribution < -0.4 is 4.72 Å². The molecule has 3 atom stereocenters. The quantitative estimate of drug-likeness (QED) is 0.657. The van der Waals surface area contributed by atoms with Crippen LogP contribution in [0.15, 0.2) is 43.0 Å². The van der Waals surface area contributed by atoms with Crippen LogP contribution in [0.4, 0.5) is 4.39 Å². The van der Waals surface area contributed by atoms with Crippen LogP contribution in [0, 0.1) is 0 Å². The number of rotatable bonds is 5. The van der Waals surface area contributed by atoms with E-state index in [1.165, 1.54) is 6.08 Å². The number of hydrogen-bond donors (Lipinski definition) is 1. The molecule has 2 unspecified atom stereocenters. The molecule has 0 radical (unpaired) electrons. The molecule has 0 amide bonds. The first kappa shape index (κ1) is 15.2. The standard InChI is InChI=1S/C14H20FNOS/c1-5-12(16-18(17)14(2,3)4)13(15)11-9-7-6-8-10-11/h5-10,12-13,16H,1H2,2-4H3/t12?,13-,18?/m0/s1. The highest BCUT2D eigenvalue weighted by Gasteiger charge is 2.31. The minimum atomic E-state index is -1.32. The minimum Gasteiger partial charge on any atom is -0.598 e. The maximum atomic E-state index is 14.3. The summed E-state index contributed by atoms with van der Waals surface area (Å²) in [6, 6.07) is 8.16. The van der Waals surface area contributed by atoms with Crippen molar-refractivity contribution in [3.63, 3.8) is 0 Å². The van der Waals surface area contributed by atoms with Crippen LogP contribution >= 0.6 is 0 Å². The van der Waals surface area contributed by atoms with Crippen LogP contribution in [0.3, 0.4) is 0 Å². The summed E-state index contributed by atoms with van der Waals surface area (Å²) in [6.07, 6.45) is 0.205. The molecular weight excluding hydrogens is 249 g/mol. The molecule has 4 heteroatoms. The van der Waals surface area contributed by atoms with Gasteiger partial charge >= 0.3 is 0 Å². The number of halogens is 1. The predicted molar refractivity (Wildman–Crippen MR) is 75.3 cm³/mol. The first-order valence-corrected chi connectivity index (χ1v) is 7.01. The SMILES string of the molecule is C=CC(N[S+]([O-])C(C)(C)C)[C@@H](F)c1ccccc1. The lowest BCUT2D eigenvalue weighted by molar-refractivity contribution is 0.303. The summed E-state index contributed by atoms with van der Waals surface area (Å²) >= 11 is -1.32. The molecule has 0 saturated carbocycles. The van der Waals surface area contributed by atoms with Gasteiger partial charge in [0.25, 0.3) is 0 Å². The minimum absolute atomic E-state index is 0.433. The monoisotopic (exact) mass is 269 g/mol. The summed E-state index contributed by atoms with van der Waals surface area (Å²) in [7, 11) is 0. The van der Waals surface area contributed by atoms with Crippen molar-refractivity contribution in [2.24, 2.45) is 0 Å². The van der Waals surface area contributed by atoms with Gasteiger partial charge in [-0.05, 0) is 26.3 Å². The number of hydrogen-bond acceptors (Lipinski definition) is 2. The lowest BCUT2D eigenvalue weighted by Crippen LogP contribution is -2.45. The zero-order valence-corrected chi connectivity index (χ0v) is 11.8. The van der Waals surface area contributed by atoms with Gasteiger partial charge in [-0.2, -0.15) is 0 Å². The molecular formula is C14H20FNOS. The highest BCUT2D eigenvalue weighted by molar-refractivity contribution is 7.90. The molecule has 0 fully saturated rings. The molecule has 0 aliphatic heterocycles.